The summed E-state index contributed by atoms with van der Waals surface area (Å²) in [7, 11) is 0. The number of unbranched alkanes of at least 4 members (excludes halogenated alkanes) is 32. The Hall–Kier alpha value is -1.66. The molecule has 0 aromatic carbocycles. The van der Waals surface area contributed by atoms with E-state index in [-0.39, 0.29) is 24.9 Å². The molecule has 0 aliphatic carbocycles. The number of hydrogen-bond donors (Lipinski definition) is 3. The Morgan fingerprint density at radius 1 is 0.483 bits per heavy atom. The summed E-state index contributed by atoms with van der Waals surface area (Å²) in [6.45, 7) is 6.47. The van der Waals surface area contributed by atoms with Crippen LogP contribution in [0.4, 0.5) is 0 Å². The van der Waals surface area contributed by atoms with Crippen LogP contribution in [0.15, 0.2) is 24.3 Å². The molecule has 6 heteroatoms. The van der Waals surface area contributed by atoms with E-state index in [0.29, 0.717) is 19.3 Å². The number of aliphatic hydroxyl groups excluding tert-OH is 2. The largest absolute Gasteiger partial charge is 0.462 e. The van der Waals surface area contributed by atoms with Crippen molar-refractivity contribution in [2.45, 2.75) is 302 Å². The minimum atomic E-state index is -0.787. The number of allylic oxidation sites excluding steroid dienone is 4. The van der Waals surface area contributed by atoms with Gasteiger partial charge in [-0.05, 0) is 57.8 Å². The third-order valence-corrected chi connectivity index (χ3v) is 12.3. The molecule has 1 amide bonds. The van der Waals surface area contributed by atoms with Crippen LogP contribution in [-0.2, 0) is 14.3 Å². The molecule has 3 atom stereocenters. The monoisotopic (exact) mass is 846 g/mol. The zero-order valence-corrected chi connectivity index (χ0v) is 40.4. The van der Waals surface area contributed by atoms with Gasteiger partial charge in [0.1, 0.15) is 6.10 Å². The lowest BCUT2D eigenvalue weighted by Crippen LogP contribution is -2.46. The molecule has 0 rings (SSSR count). The first-order valence-electron chi connectivity index (χ1n) is 26.6. The maximum atomic E-state index is 13.2. The predicted molar refractivity (Wildman–Crippen MR) is 260 cm³/mol. The first-order chi connectivity index (χ1) is 29.5. The molecule has 0 fully saturated rings. The van der Waals surface area contributed by atoms with Gasteiger partial charge in [-0.1, -0.05) is 238 Å². The fourth-order valence-corrected chi connectivity index (χ4v) is 8.23. The number of carbonyl (C=O) groups is 2. The number of esters is 1. The molecule has 0 saturated heterocycles. The maximum absolute atomic E-state index is 13.2. The summed E-state index contributed by atoms with van der Waals surface area (Å²) >= 11 is 0. The number of nitrogens with one attached hydrogen (secondary N) is 1. The maximum Gasteiger partial charge on any atom is 0.306 e. The molecule has 354 valence electrons. The molecule has 3 unspecified atom stereocenters. The summed E-state index contributed by atoms with van der Waals surface area (Å²) in [5.74, 6) is -0.473. The molecule has 60 heavy (non-hydrogen) atoms. The average molecular weight is 846 g/mol. The van der Waals surface area contributed by atoms with E-state index < -0.39 is 18.2 Å². The van der Waals surface area contributed by atoms with Crippen LogP contribution in [0, 0.1) is 0 Å². The minimum Gasteiger partial charge on any atom is -0.462 e. The fourth-order valence-electron chi connectivity index (χ4n) is 8.23. The smallest absolute Gasteiger partial charge is 0.306 e. The molecule has 0 spiro atoms. The van der Waals surface area contributed by atoms with Gasteiger partial charge in [-0.3, -0.25) is 9.59 Å². The van der Waals surface area contributed by atoms with Gasteiger partial charge in [0.2, 0.25) is 5.91 Å². The van der Waals surface area contributed by atoms with Crippen LogP contribution in [-0.4, -0.2) is 46.9 Å². The number of aliphatic hydroxyl groups is 2. The van der Waals surface area contributed by atoms with E-state index >= 15 is 0 Å². The van der Waals surface area contributed by atoms with Crippen molar-refractivity contribution in [3.05, 3.63) is 24.3 Å². The van der Waals surface area contributed by atoms with Crippen LogP contribution in [0.2, 0.25) is 0 Å². The number of rotatable bonds is 48. The van der Waals surface area contributed by atoms with Crippen LogP contribution >= 0.6 is 0 Å². The second kappa shape index (κ2) is 48.4. The van der Waals surface area contributed by atoms with Gasteiger partial charge in [0.15, 0.2) is 0 Å². The van der Waals surface area contributed by atoms with Crippen LogP contribution < -0.4 is 5.32 Å². The van der Waals surface area contributed by atoms with Crippen LogP contribution in [0.1, 0.15) is 284 Å². The highest BCUT2D eigenvalue weighted by molar-refractivity contribution is 5.77. The third kappa shape index (κ3) is 43.0. The number of ether oxygens (including phenoxy) is 1. The van der Waals surface area contributed by atoms with Crippen molar-refractivity contribution >= 4 is 11.9 Å². The zero-order chi connectivity index (χ0) is 43.8. The molecular weight excluding hydrogens is 743 g/mol. The molecule has 0 saturated carbocycles. The van der Waals surface area contributed by atoms with Gasteiger partial charge in [-0.15, -0.1) is 0 Å². The lowest BCUT2D eigenvalue weighted by molar-refractivity contribution is -0.151. The Morgan fingerprint density at radius 3 is 1.30 bits per heavy atom. The normalized spacial score (nSPS) is 13.3. The van der Waals surface area contributed by atoms with Crippen molar-refractivity contribution in [1.82, 2.24) is 5.32 Å². The van der Waals surface area contributed by atoms with Gasteiger partial charge in [-0.25, -0.2) is 0 Å². The van der Waals surface area contributed by atoms with E-state index in [4.69, 9.17) is 4.74 Å². The molecule has 0 aliphatic rings. The minimum absolute atomic E-state index is 0.0736. The molecule has 0 aliphatic heterocycles. The van der Waals surface area contributed by atoms with Crippen LogP contribution in [0.5, 0.6) is 0 Å². The predicted octanol–water partition coefficient (Wildman–Crippen LogP) is 15.9. The molecule has 6 nitrogen and oxygen atoms in total. The highest BCUT2D eigenvalue weighted by Crippen LogP contribution is 2.18. The molecule has 0 bridgehead atoms. The standard InChI is InChI=1S/C54H103NO5/c1-4-7-10-13-16-19-22-25-26-29-30-33-36-39-42-45-50(60-54(59)47-44-41-38-35-32-28-24-21-18-15-12-9-6-3)48-53(58)55-51(49-56)52(57)46-43-40-37-34-31-27-23-20-17-14-11-8-5-2/h16,19,25-26,50-52,56-57H,4-15,17-18,20-24,27-49H2,1-3H3,(H,55,58)/b19-16-,26-25-. The Labute approximate surface area is 373 Å². The summed E-state index contributed by atoms with van der Waals surface area (Å²) in [6.07, 6.45) is 55.2. The molecule has 0 heterocycles. The molecule has 0 aromatic heterocycles. The second-order valence-corrected chi connectivity index (χ2v) is 18.3. The SMILES string of the molecule is CCCCC/C=C\C/C=C\CCCCCCCC(CC(=O)NC(CO)C(O)CCCCCCCCCCCCCCC)OC(=O)CCCCCCCCCCCCCCC. The molecule has 3 N–H and O–H groups in total. The van der Waals surface area contributed by atoms with Gasteiger partial charge in [0.05, 0.1) is 25.2 Å². The van der Waals surface area contributed by atoms with Crippen LogP contribution in [0.3, 0.4) is 0 Å². The van der Waals surface area contributed by atoms with E-state index in [0.717, 1.165) is 64.2 Å². The summed E-state index contributed by atoms with van der Waals surface area (Å²) in [5.41, 5.74) is 0. The summed E-state index contributed by atoms with van der Waals surface area (Å²) < 4.78 is 5.94. The summed E-state index contributed by atoms with van der Waals surface area (Å²) in [6, 6.07) is -0.701. The first kappa shape index (κ1) is 58.3. The quantitative estimate of drug-likeness (QED) is 0.0322. The van der Waals surface area contributed by atoms with Crippen molar-refractivity contribution < 1.29 is 24.5 Å². The number of carbonyl (C=O) groups excluding carboxylic acids is 2. The lowest BCUT2D eigenvalue weighted by Gasteiger charge is -2.24. The lowest BCUT2D eigenvalue weighted by atomic mass is 10.0. The first-order valence-corrected chi connectivity index (χ1v) is 26.6. The van der Waals surface area contributed by atoms with E-state index in [2.05, 4.69) is 50.4 Å². The summed E-state index contributed by atoms with van der Waals surface area (Å²) in [5, 5.41) is 23.8. The van der Waals surface area contributed by atoms with Crippen molar-refractivity contribution in [1.29, 1.82) is 0 Å². The van der Waals surface area contributed by atoms with E-state index in [1.54, 1.807) is 0 Å². The van der Waals surface area contributed by atoms with Crippen molar-refractivity contribution in [2.75, 3.05) is 6.61 Å². The Kier molecular flexibility index (Phi) is 47.0. The van der Waals surface area contributed by atoms with Gasteiger partial charge < -0.3 is 20.3 Å². The van der Waals surface area contributed by atoms with Gasteiger partial charge in [-0.2, -0.15) is 0 Å². The number of amides is 1. The second-order valence-electron chi connectivity index (χ2n) is 18.3. The highest BCUT2D eigenvalue weighted by atomic mass is 16.5. The van der Waals surface area contributed by atoms with Crippen molar-refractivity contribution in [3.8, 4) is 0 Å². The van der Waals surface area contributed by atoms with Gasteiger partial charge in [0.25, 0.3) is 0 Å². The average Bonchev–Trinajstić information content (AvgIpc) is 3.24. The Morgan fingerprint density at radius 2 is 0.850 bits per heavy atom. The van der Waals surface area contributed by atoms with E-state index in [1.807, 2.05) is 0 Å². The number of hydrogen-bond acceptors (Lipinski definition) is 5. The van der Waals surface area contributed by atoms with Crippen molar-refractivity contribution in [2.24, 2.45) is 0 Å². The Balaban J connectivity index is 4.57. The molecule has 0 radical (unpaired) electrons. The third-order valence-electron chi connectivity index (χ3n) is 12.3. The summed E-state index contributed by atoms with van der Waals surface area (Å²) in [4.78, 5) is 26.2. The van der Waals surface area contributed by atoms with Gasteiger partial charge in [0, 0.05) is 6.42 Å². The highest BCUT2D eigenvalue weighted by Gasteiger charge is 2.24. The molecular formula is C54H103NO5. The van der Waals surface area contributed by atoms with Gasteiger partial charge >= 0.3 is 5.97 Å². The Bertz CT molecular complexity index is 950. The van der Waals surface area contributed by atoms with Crippen molar-refractivity contribution in [3.63, 3.8) is 0 Å². The van der Waals surface area contributed by atoms with E-state index in [9.17, 15) is 19.8 Å². The molecule has 0 aromatic rings. The van der Waals surface area contributed by atoms with Crippen LogP contribution in [0.25, 0.3) is 0 Å². The topological polar surface area (TPSA) is 95.9 Å². The van der Waals surface area contributed by atoms with E-state index in [1.165, 1.54) is 173 Å². The fraction of sp³-hybridized carbons (Fsp3) is 0.889. The zero-order valence-electron chi connectivity index (χ0n) is 40.4.